The van der Waals surface area contributed by atoms with Crippen LogP contribution in [0.1, 0.15) is 25.8 Å². The molecule has 0 fully saturated rings. The van der Waals surface area contributed by atoms with Gasteiger partial charge in [-0.3, -0.25) is 0 Å². The fourth-order valence-electron chi connectivity index (χ4n) is 1.76. The van der Waals surface area contributed by atoms with Crippen molar-refractivity contribution in [1.82, 2.24) is 10.2 Å². The van der Waals surface area contributed by atoms with Gasteiger partial charge in [-0.15, -0.1) is 0 Å². The molecule has 0 atom stereocenters. The van der Waals surface area contributed by atoms with Crippen molar-refractivity contribution in [3.63, 3.8) is 0 Å². The van der Waals surface area contributed by atoms with E-state index in [0.29, 0.717) is 0 Å². The van der Waals surface area contributed by atoms with Gasteiger partial charge in [0.25, 0.3) is 0 Å². The lowest BCUT2D eigenvalue weighted by Crippen LogP contribution is -2.21. The smallest absolute Gasteiger partial charge is 0.133 e. The van der Waals surface area contributed by atoms with E-state index in [1.165, 1.54) is 12.0 Å². The molecule has 1 N–H and O–H groups in total. The van der Waals surface area contributed by atoms with Crippen LogP contribution in [0.5, 0.6) is 5.75 Å². The lowest BCUT2D eigenvalue weighted by Gasteiger charge is -2.13. The molecule has 0 unspecified atom stereocenters. The second-order valence-electron chi connectivity index (χ2n) is 5.26. The minimum Gasteiger partial charge on any atom is -0.490 e. The van der Waals surface area contributed by atoms with E-state index in [1.807, 2.05) is 19.9 Å². The number of hydrogen-bond donors (Lipinski definition) is 1. The van der Waals surface area contributed by atoms with Crippen LogP contribution >= 0.6 is 15.9 Å². The third-order valence-corrected chi connectivity index (χ3v) is 3.27. The fraction of sp³-hybridized carbons (Fsp3) is 0.600. The highest BCUT2D eigenvalue weighted by atomic mass is 79.9. The molecule has 3 nitrogen and oxygen atoms in total. The Bertz CT molecular complexity index is 380. The molecule has 1 aromatic carbocycles. The van der Waals surface area contributed by atoms with Gasteiger partial charge in [0.1, 0.15) is 5.75 Å². The van der Waals surface area contributed by atoms with Crippen LogP contribution in [0.4, 0.5) is 0 Å². The van der Waals surface area contributed by atoms with Crippen LogP contribution in [-0.2, 0) is 6.54 Å². The summed E-state index contributed by atoms with van der Waals surface area (Å²) in [6, 6.07) is 6.26. The molecule has 108 valence electrons. The Morgan fingerprint density at radius 1 is 1.32 bits per heavy atom. The summed E-state index contributed by atoms with van der Waals surface area (Å²) >= 11 is 3.56. The molecule has 0 aromatic heterocycles. The Balaban J connectivity index is 2.37. The summed E-state index contributed by atoms with van der Waals surface area (Å²) in [6.07, 6.45) is 1.37. The standard InChI is InChI=1S/C15H25BrN2O/c1-12(2)19-15-7-6-13(10-14(15)16)11-17-8-5-9-18(3)4/h6-7,10,12,17H,5,8-9,11H2,1-4H3. The third kappa shape index (κ3) is 6.95. The molecule has 0 aliphatic heterocycles. The summed E-state index contributed by atoms with van der Waals surface area (Å²) < 4.78 is 6.72. The molecule has 0 amide bonds. The number of ether oxygens (including phenoxy) is 1. The van der Waals surface area contributed by atoms with Crippen molar-refractivity contribution >= 4 is 15.9 Å². The molecule has 1 aromatic rings. The average Bonchev–Trinajstić information content (AvgIpc) is 2.31. The molecule has 0 aliphatic rings. The second-order valence-corrected chi connectivity index (χ2v) is 6.12. The molecule has 0 heterocycles. The minimum atomic E-state index is 0.200. The molecule has 1 rings (SSSR count). The predicted molar refractivity (Wildman–Crippen MR) is 84.8 cm³/mol. The van der Waals surface area contributed by atoms with Gasteiger partial charge >= 0.3 is 0 Å². The predicted octanol–water partition coefficient (Wildman–Crippen LogP) is 3.28. The molecule has 19 heavy (non-hydrogen) atoms. The SMILES string of the molecule is CC(C)Oc1ccc(CNCCCN(C)C)cc1Br. The zero-order valence-corrected chi connectivity index (χ0v) is 14.0. The van der Waals surface area contributed by atoms with Gasteiger partial charge in [-0.25, -0.2) is 0 Å². The van der Waals surface area contributed by atoms with Crippen molar-refractivity contribution < 1.29 is 4.74 Å². The van der Waals surface area contributed by atoms with E-state index in [9.17, 15) is 0 Å². The van der Waals surface area contributed by atoms with Crippen LogP contribution in [0.15, 0.2) is 22.7 Å². The van der Waals surface area contributed by atoms with Crippen LogP contribution in [-0.4, -0.2) is 38.2 Å². The number of nitrogens with zero attached hydrogens (tertiary/aromatic N) is 1. The first-order chi connectivity index (χ1) is 8.99. The number of nitrogens with one attached hydrogen (secondary N) is 1. The molecule has 0 aliphatic carbocycles. The van der Waals surface area contributed by atoms with Crippen LogP contribution in [0.2, 0.25) is 0 Å². The Morgan fingerprint density at radius 3 is 2.63 bits per heavy atom. The molecular formula is C15H25BrN2O. The van der Waals surface area contributed by atoms with Gasteiger partial charge in [-0.05, 0) is 81.1 Å². The first-order valence-electron chi connectivity index (χ1n) is 6.79. The molecular weight excluding hydrogens is 304 g/mol. The van der Waals surface area contributed by atoms with E-state index >= 15 is 0 Å². The van der Waals surface area contributed by atoms with Crippen LogP contribution < -0.4 is 10.1 Å². The van der Waals surface area contributed by atoms with Gasteiger partial charge in [0, 0.05) is 6.54 Å². The van der Waals surface area contributed by atoms with E-state index < -0.39 is 0 Å². The third-order valence-electron chi connectivity index (χ3n) is 2.65. The van der Waals surface area contributed by atoms with Crippen molar-refractivity contribution in [2.24, 2.45) is 0 Å². The maximum absolute atomic E-state index is 5.70. The maximum atomic E-state index is 5.70. The van der Waals surface area contributed by atoms with E-state index in [0.717, 1.165) is 29.9 Å². The normalized spacial score (nSPS) is 11.3. The monoisotopic (exact) mass is 328 g/mol. The summed E-state index contributed by atoms with van der Waals surface area (Å²) in [5, 5.41) is 3.46. The van der Waals surface area contributed by atoms with Gasteiger partial charge in [-0.2, -0.15) is 0 Å². The number of rotatable bonds is 8. The average molecular weight is 329 g/mol. The van der Waals surface area contributed by atoms with Crippen molar-refractivity contribution in [1.29, 1.82) is 0 Å². The summed E-state index contributed by atoms with van der Waals surface area (Å²) in [7, 11) is 4.20. The van der Waals surface area contributed by atoms with Crippen molar-refractivity contribution in [2.45, 2.75) is 32.9 Å². The second kappa shape index (κ2) is 8.56. The zero-order valence-electron chi connectivity index (χ0n) is 12.4. The highest BCUT2D eigenvalue weighted by Gasteiger charge is 2.04. The number of benzene rings is 1. The van der Waals surface area contributed by atoms with E-state index in [-0.39, 0.29) is 6.10 Å². The van der Waals surface area contributed by atoms with Crippen LogP contribution in [0.3, 0.4) is 0 Å². The molecule has 0 spiro atoms. The lowest BCUT2D eigenvalue weighted by molar-refractivity contribution is 0.241. The topological polar surface area (TPSA) is 24.5 Å². The van der Waals surface area contributed by atoms with Crippen molar-refractivity contribution in [3.8, 4) is 5.75 Å². The van der Waals surface area contributed by atoms with Gasteiger partial charge in [0.05, 0.1) is 10.6 Å². The molecule has 4 heteroatoms. The summed E-state index contributed by atoms with van der Waals surface area (Å²) in [4.78, 5) is 2.20. The van der Waals surface area contributed by atoms with E-state index in [1.54, 1.807) is 0 Å². The Hall–Kier alpha value is -0.580. The highest BCUT2D eigenvalue weighted by Crippen LogP contribution is 2.26. The van der Waals surface area contributed by atoms with E-state index in [4.69, 9.17) is 4.74 Å². The number of hydrogen-bond acceptors (Lipinski definition) is 3. The fourth-order valence-corrected chi connectivity index (χ4v) is 2.28. The minimum absolute atomic E-state index is 0.200. The zero-order chi connectivity index (χ0) is 14.3. The van der Waals surface area contributed by atoms with Gasteiger partial charge in [0.15, 0.2) is 0 Å². The molecule has 0 saturated carbocycles. The summed E-state index contributed by atoms with van der Waals surface area (Å²) in [6.45, 7) is 7.13. The summed E-state index contributed by atoms with van der Waals surface area (Å²) in [5.74, 6) is 0.909. The Labute approximate surface area is 125 Å². The highest BCUT2D eigenvalue weighted by molar-refractivity contribution is 9.10. The van der Waals surface area contributed by atoms with Gasteiger partial charge in [-0.1, -0.05) is 6.07 Å². The first kappa shape index (κ1) is 16.5. The quantitative estimate of drug-likeness (QED) is 0.741. The van der Waals surface area contributed by atoms with Gasteiger partial charge < -0.3 is 15.0 Å². The number of halogens is 1. The van der Waals surface area contributed by atoms with Crippen molar-refractivity contribution in [3.05, 3.63) is 28.2 Å². The van der Waals surface area contributed by atoms with Crippen LogP contribution in [0, 0.1) is 0 Å². The Morgan fingerprint density at radius 2 is 2.05 bits per heavy atom. The van der Waals surface area contributed by atoms with E-state index in [2.05, 4.69) is 52.4 Å². The molecule has 0 saturated heterocycles. The van der Waals surface area contributed by atoms with Gasteiger partial charge in [0.2, 0.25) is 0 Å². The largest absolute Gasteiger partial charge is 0.490 e. The lowest BCUT2D eigenvalue weighted by atomic mass is 10.2. The van der Waals surface area contributed by atoms with Crippen molar-refractivity contribution in [2.75, 3.05) is 27.2 Å². The van der Waals surface area contributed by atoms with Crippen LogP contribution in [0.25, 0.3) is 0 Å². The Kier molecular flexibility index (Phi) is 7.42. The molecule has 0 bridgehead atoms. The molecule has 0 radical (unpaired) electrons. The summed E-state index contributed by atoms with van der Waals surface area (Å²) in [5.41, 5.74) is 1.27. The maximum Gasteiger partial charge on any atom is 0.133 e. The first-order valence-corrected chi connectivity index (χ1v) is 7.59.